The SMILES string of the molecule is CSc1nc2n(n1)[C@@H](C(C)C)C(C(=O)Nc1ccc(Cl)cc1)=C(C)N2. The number of carbonyl (C=O) groups is 1. The van der Waals surface area contributed by atoms with Gasteiger partial charge < -0.3 is 10.6 Å². The number of carbonyl (C=O) groups excluding carboxylic acids is 1. The minimum Gasteiger partial charge on any atom is -0.328 e. The summed E-state index contributed by atoms with van der Waals surface area (Å²) in [4.78, 5) is 17.4. The Labute approximate surface area is 156 Å². The quantitative estimate of drug-likeness (QED) is 0.781. The van der Waals surface area contributed by atoms with Crippen LogP contribution >= 0.6 is 23.4 Å². The minimum atomic E-state index is -0.183. The zero-order chi connectivity index (χ0) is 18.1. The summed E-state index contributed by atoms with van der Waals surface area (Å²) in [7, 11) is 0. The molecule has 1 aliphatic rings. The molecule has 2 heterocycles. The summed E-state index contributed by atoms with van der Waals surface area (Å²) >= 11 is 7.38. The van der Waals surface area contributed by atoms with E-state index in [1.807, 2.05) is 13.2 Å². The highest BCUT2D eigenvalue weighted by molar-refractivity contribution is 7.98. The molecule has 1 amide bonds. The van der Waals surface area contributed by atoms with Crippen molar-refractivity contribution in [2.75, 3.05) is 16.9 Å². The second-order valence-electron chi connectivity index (χ2n) is 6.18. The lowest BCUT2D eigenvalue weighted by Gasteiger charge is -2.30. The van der Waals surface area contributed by atoms with Gasteiger partial charge in [-0.05, 0) is 43.4 Å². The molecule has 0 saturated carbocycles. The number of amides is 1. The standard InChI is InChI=1S/C17H20ClN5OS/c1-9(2)14-13(15(24)20-12-7-5-11(18)6-8-12)10(3)19-16-21-17(25-4)22-23(14)16/h5-9,14H,1-4H3,(H,20,24)(H,19,21,22)/t14-/m0/s1. The van der Waals surface area contributed by atoms with Crippen LogP contribution in [0.25, 0.3) is 0 Å². The van der Waals surface area contributed by atoms with Crippen molar-refractivity contribution in [2.45, 2.75) is 32.0 Å². The maximum Gasteiger partial charge on any atom is 0.255 e. The van der Waals surface area contributed by atoms with Crippen molar-refractivity contribution < 1.29 is 4.79 Å². The predicted octanol–water partition coefficient (Wildman–Crippen LogP) is 4.19. The van der Waals surface area contributed by atoms with Gasteiger partial charge in [-0.25, -0.2) is 4.68 Å². The highest BCUT2D eigenvalue weighted by atomic mass is 35.5. The number of nitrogens with one attached hydrogen (secondary N) is 2. The van der Waals surface area contributed by atoms with Crippen LogP contribution in [0.15, 0.2) is 40.7 Å². The van der Waals surface area contributed by atoms with Crippen LogP contribution in [-0.2, 0) is 4.79 Å². The Balaban J connectivity index is 1.94. The summed E-state index contributed by atoms with van der Waals surface area (Å²) in [5.41, 5.74) is 2.15. The minimum absolute atomic E-state index is 0.155. The van der Waals surface area contributed by atoms with Crippen LogP contribution in [0.5, 0.6) is 0 Å². The zero-order valence-corrected chi connectivity index (χ0v) is 16.1. The van der Waals surface area contributed by atoms with Crippen LogP contribution in [0.3, 0.4) is 0 Å². The molecular weight excluding hydrogens is 358 g/mol. The third-order valence-electron chi connectivity index (χ3n) is 4.04. The maximum atomic E-state index is 13.0. The Morgan fingerprint density at radius 3 is 2.64 bits per heavy atom. The van der Waals surface area contributed by atoms with Crippen LogP contribution < -0.4 is 10.6 Å². The van der Waals surface area contributed by atoms with Gasteiger partial charge in [0, 0.05) is 16.4 Å². The summed E-state index contributed by atoms with van der Waals surface area (Å²) in [6, 6.07) is 6.87. The third-order valence-corrected chi connectivity index (χ3v) is 4.83. The van der Waals surface area contributed by atoms with E-state index >= 15 is 0 Å². The van der Waals surface area contributed by atoms with E-state index in [1.165, 1.54) is 11.8 Å². The van der Waals surface area contributed by atoms with Crippen LogP contribution in [0.1, 0.15) is 26.8 Å². The first-order valence-corrected chi connectivity index (χ1v) is 9.56. The van der Waals surface area contributed by atoms with E-state index in [0.717, 1.165) is 5.70 Å². The van der Waals surface area contributed by atoms with Crippen molar-refractivity contribution in [3.63, 3.8) is 0 Å². The molecule has 0 fully saturated rings. The summed E-state index contributed by atoms with van der Waals surface area (Å²) in [6.45, 7) is 6.04. The molecular formula is C17H20ClN5OS. The first kappa shape index (κ1) is 17.8. The number of fused-ring (bicyclic) bond motifs is 1. The van der Waals surface area contributed by atoms with Crippen molar-refractivity contribution in [1.82, 2.24) is 14.8 Å². The topological polar surface area (TPSA) is 71.8 Å². The van der Waals surface area contributed by atoms with E-state index in [2.05, 4.69) is 34.6 Å². The highest BCUT2D eigenvalue weighted by Crippen LogP contribution is 2.36. The lowest BCUT2D eigenvalue weighted by atomic mass is 9.92. The number of thioether (sulfide) groups is 1. The molecule has 0 unspecified atom stereocenters. The summed E-state index contributed by atoms with van der Waals surface area (Å²) < 4.78 is 1.81. The average Bonchev–Trinajstić information content (AvgIpc) is 2.97. The average molecular weight is 378 g/mol. The molecule has 132 valence electrons. The number of allylic oxidation sites excluding steroid dienone is 1. The number of benzene rings is 1. The number of anilines is 2. The summed E-state index contributed by atoms with van der Waals surface area (Å²) in [6.07, 6.45) is 1.93. The Morgan fingerprint density at radius 2 is 2.04 bits per heavy atom. The molecule has 2 aromatic rings. The Hall–Kier alpha value is -1.99. The van der Waals surface area contributed by atoms with Crippen molar-refractivity contribution in [3.05, 3.63) is 40.6 Å². The first-order chi connectivity index (χ1) is 11.9. The number of halogens is 1. The van der Waals surface area contributed by atoms with Gasteiger partial charge in [0.2, 0.25) is 11.1 Å². The van der Waals surface area contributed by atoms with E-state index in [-0.39, 0.29) is 17.9 Å². The Bertz CT molecular complexity index is 828. The van der Waals surface area contributed by atoms with Gasteiger partial charge in [0.15, 0.2) is 0 Å². The van der Waals surface area contributed by atoms with E-state index in [4.69, 9.17) is 11.6 Å². The predicted molar refractivity (Wildman–Crippen MR) is 102 cm³/mol. The molecule has 0 radical (unpaired) electrons. The summed E-state index contributed by atoms with van der Waals surface area (Å²) in [5.74, 6) is 0.694. The van der Waals surface area contributed by atoms with Gasteiger partial charge in [-0.3, -0.25) is 4.79 Å². The van der Waals surface area contributed by atoms with Crippen molar-refractivity contribution in [3.8, 4) is 0 Å². The fourth-order valence-electron chi connectivity index (χ4n) is 2.90. The van der Waals surface area contributed by atoms with Gasteiger partial charge >= 0.3 is 0 Å². The number of rotatable bonds is 4. The molecule has 8 heteroatoms. The second-order valence-corrected chi connectivity index (χ2v) is 7.39. The Morgan fingerprint density at radius 1 is 1.36 bits per heavy atom. The van der Waals surface area contributed by atoms with Crippen molar-refractivity contribution in [1.29, 1.82) is 0 Å². The molecule has 1 atom stereocenters. The van der Waals surface area contributed by atoms with Gasteiger partial charge in [-0.15, -0.1) is 5.10 Å². The number of nitrogens with zero attached hydrogens (tertiary/aromatic N) is 3. The maximum absolute atomic E-state index is 13.0. The lowest BCUT2D eigenvalue weighted by Crippen LogP contribution is -2.33. The number of hydrogen-bond acceptors (Lipinski definition) is 5. The second kappa shape index (κ2) is 7.09. The first-order valence-electron chi connectivity index (χ1n) is 7.96. The molecule has 6 nitrogen and oxygen atoms in total. The molecule has 0 saturated heterocycles. The van der Waals surface area contributed by atoms with Gasteiger partial charge in [0.05, 0.1) is 11.6 Å². The van der Waals surface area contributed by atoms with Crippen LogP contribution in [0.4, 0.5) is 11.6 Å². The molecule has 25 heavy (non-hydrogen) atoms. The molecule has 3 rings (SSSR count). The molecule has 0 aliphatic carbocycles. The molecule has 1 aromatic heterocycles. The molecule has 1 aliphatic heterocycles. The Kier molecular flexibility index (Phi) is 5.06. The van der Waals surface area contributed by atoms with Gasteiger partial charge in [0.25, 0.3) is 5.91 Å². The van der Waals surface area contributed by atoms with E-state index < -0.39 is 0 Å². The summed E-state index contributed by atoms with van der Waals surface area (Å²) in [5, 5.41) is 12.0. The highest BCUT2D eigenvalue weighted by Gasteiger charge is 2.34. The monoisotopic (exact) mass is 377 g/mol. The zero-order valence-electron chi connectivity index (χ0n) is 14.5. The van der Waals surface area contributed by atoms with Gasteiger partial charge in [-0.1, -0.05) is 37.2 Å². The molecule has 2 N–H and O–H groups in total. The van der Waals surface area contributed by atoms with Crippen molar-refractivity contribution in [2.24, 2.45) is 5.92 Å². The van der Waals surface area contributed by atoms with Crippen LogP contribution in [0.2, 0.25) is 5.02 Å². The lowest BCUT2D eigenvalue weighted by molar-refractivity contribution is -0.113. The largest absolute Gasteiger partial charge is 0.328 e. The molecule has 1 aromatic carbocycles. The van der Waals surface area contributed by atoms with Crippen molar-refractivity contribution >= 4 is 40.9 Å². The smallest absolute Gasteiger partial charge is 0.255 e. The fourth-order valence-corrected chi connectivity index (χ4v) is 3.37. The number of hydrogen-bond donors (Lipinski definition) is 2. The van der Waals surface area contributed by atoms with E-state index in [9.17, 15) is 4.79 Å². The van der Waals surface area contributed by atoms with Gasteiger partial charge in [-0.2, -0.15) is 4.98 Å². The fraction of sp³-hybridized carbons (Fsp3) is 0.353. The van der Waals surface area contributed by atoms with E-state index in [1.54, 1.807) is 28.9 Å². The normalized spacial score (nSPS) is 16.6. The van der Waals surface area contributed by atoms with Crippen LogP contribution in [0, 0.1) is 5.92 Å². The van der Waals surface area contributed by atoms with E-state index in [0.29, 0.717) is 27.4 Å². The third kappa shape index (κ3) is 3.52. The molecule has 0 bridgehead atoms. The van der Waals surface area contributed by atoms with Gasteiger partial charge in [0.1, 0.15) is 0 Å². The number of aromatic nitrogens is 3. The van der Waals surface area contributed by atoms with Crippen LogP contribution in [-0.4, -0.2) is 26.9 Å². The molecule has 0 spiro atoms.